The number of nitrogens with one attached hydrogen (secondary N) is 1. The van der Waals surface area contributed by atoms with Crippen molar-refractivity contribution < 1.29 is 4.79 Å². The minimum Gasteiger partial charge on any atom is -0.356 e. The number of carbonyl (C=O) groups is 1. The molecule has 1 aromatic carbocycles. The highest BCUT2D eigenvalue weighted by molar-refractivity contribution is 7.12. The molecule has 0 aliphatic rings. The van der Waals surface area contributed by atoms with Crippen LogP contribution in [0.15, 0.2) is 29.6 Å². The molecule has 0 saturated heterocycles. The van der Waals surface area contributed by atoms with Crippen molar-refractivity contribution in [2.45, 2.75) is 40.0 Å². The van der Waals surface area contributed by atoms with E-state index in [0.717, 1.165) is 51.2 Å². The van der Waals surface area contributed by atoms with Gasteiger partial charge in [-0.05, 0) is 31.9 Å². The molecule has 0 atom stereocenters. The maximum Gasteiger partial charge on any atom is 0.226 e. The van der Waals surface area contributed by atoms with Crippen molar-refractivity contribution in [3.8, 4) is 5.13 Å². The van der Waals surface area contributed by atoms with Gasteiger partial charge in [0.15, 0.2) is 0 Å². The van der Waals surface area contributed by atoms with Gasteiger partial charge in [-0.15, -0.1) is 11.3 Å². The van der Waals surface area contributed by atoms with E-state index in [4.69, 9.17) is 11.6 Å². The third kappa shape index (κ3) is 4.57. The number of aromatic nitrogens is 3. The number of nitrogens with zero attached hydrogens (tertiary/aromatic N) is 3. The molecule has 5 nitrogen and oxygen atoms in total. The zero-order chi connectivity index (χ0) is 19.4. The Kier molecular flexibility index (Phi) is 6.29. The van der Waals surface area contributed by atoms with Gasteiger partial charge in [0.2, 0.25) is 11.0 Å². The van der Waals surface area contributed by atoms with Crippen LogP contribution < -0.4 is 5.32 Å². The molecular weight excluding hydrogens is 380 g/mol. The molecule has 0 radical (unpaired) electrons. The topological polar surface area (TPSA) is 59.8 Å². The zero-order valence-corrected chi connectivity index (χ0v) is 17.3. The number of benzene rings is 1. The lowest BCUT2D eigenvalue weighted by molar-refractivity contribution is -0.120. The Balaban J connectivity index is 1.80. The number of aryl methyl sites for hydroxylation is 1. The minimum absolute atomic E-state index is 0.00137. The fourth-order valence-corrected chi connectivity index (χ4v) is 3.94. The molecule has 0 unspecified atom stereocenters. The molecule has 0 aliphatic heterocycles. The van der Waals surface area contributed by atoms with Gasteiger partial charge in [0, 0.05) is 34.6 Å². The smallest absolute Gasteiger partial charge is 0.226 e. The predicted octanol–water partition coefficient (Wildman–Crippen LogP) is 4.26. The van der Waals surface area contributed by atoms with Gasteiger partial charge < -0.3 is 5.32 Å². The average molecular weight is 403 g/mol. The summed E-state index contributed by atoms with van der Waals surface area (Å²) in [4.78, 5) is 16.5. The zero-order valence-electron chi connectivity index (χ0n) is 15.8. The number of carbonyl (C=O) groups excluding carboxylic acids is 1. The first kappa shape index (κ1) is 19.6. The van der Waals surface area contributed by atoms with Gasteiger partial charge in [0.1, 0.15) is 0 Å². The van der Waals surface area contributed by atoms with Crippen LogP contribution in [0.5, 0.6) is 0 Å². The minimum atomic E-state index is 0.00137. The van der Waals surface area contributed by atoms with Crippen LogP contribution >= 0.6 is 22.9 Å². The van der Waals surface area contributed by atoms with Crippen molar-refractivity contribution in [2.75, 3.05) is 6.54 Å². The summed E-state index contributed by atoms with van der Waals surface area (Å²) in [5.74, 6) is 0.00137. The summed E-state index contributed by atoms with van der Waals surface area (Å²) in [5.41, 5.74) is 5.01. The first-order valence-corrected chi connectivity index (χ1v) is 10.2. The second-order valence-corrected chi connectivity index (χ2v) is 7.72. The maximum absolute atomic E-state index is 11.9. The molecule has 3 aromatic rings. The summed E-state index contributed by atoms with van der Waals surface area (Å²) in [7, 11) is 0. The van der Waals surface area contributed by atoms with Crippen LogP contribution in [-0.4, -0.2) is 27.2 Å². The fraction of sp³-hybridized carbons (Fsp3) is 0.350. The van der Waals surface area contributed by atoms with Crippen molar-refractivity contribution in [3.63, 3.8) is 0 Å². The first-order chi connectivity index (χ1) is 13.0. The highest BCUT2D eigenvalue weighted by Gasteiger charge is 2.17. The Morgan fingerprint density at radius 3 is 2.81 bits per heavy atom. The standard InChI is InChI=1S/C20H23ClN4OS/c1-4-9-22-19(26)11-16-12-27-20(23-16)25-14(3)17(13(2)24-25)10-15-7-5-6-8-18(15)21/h5-8,12H,4,9-11H2,1-3H3,(H,22,26). The van der Waals surface area contributed by atoms with Crippen LogP contribution in [0.4, 0.5) is 0 Å². The molecule has 142 valence electrons. The van der Waals surface area contributed by atoms with Gasteiger partial charge in [0.25, 0.3) is 0 Å². The number of halogens is 1. The lowest BCUT2D eigenvalue weighted by Gasteiger charge is -2.05. The lowest BCUT2D eigenvalue weighted by atomic mass is 10.0. The molecule has 27 heavy (non-hydrogen) atoms. The first-order valence-electron chi connectivity index (χ1n) is 8.99. The van der Waals surface area contributed by atoms with Crippen LogP contribution in [0.2, 0.25) is 5.02 Å². The molecule has 0 saturated carbocycles. The molecule has 1 N–H and O–H groups in total. The van der Waals surface area contributed by atoms with Gasteiger partial charge >= 0.3 is 0 Å². The number of thiazole rings is 1. The van der Waals surface area contributed by atoms with Crippen LogP contribution in [-0.2, 0) is 17.6 Å². The summed E-state index contributed by atoms with van der Waals surface area (Å²) < 4.78 is 1.86. The largest absolute Gasteiger partial charge is 0.356 e. The summed E-state index contributed by atoms with van der Waals surface area (Å²) in [5, 5.41) is 11.0. The van der Waals surface area contributed by atoms with Crippen LogP contribution in [0.3, 0.4) is 0 Å². The molecular formula is C20H23ClN4OS. The summed E-state index contributed by atoms with van der Waals surface area (Å²) in [6.07, 6.45) is 1.95. The van der Waals surface area contributed by atoms with Crippen LogP contribution in [0, 0.1) is 13.8 Å². The van der Waals surface area contributed by atoms with E-state index < -0.39 is 0 Å². The van der Waals surface area contributed by atoms with E-state index in [1.165, 1.54) is 11.3 Å². The Morgan fingerprint density at radius 1 is 1.30 bits per heavy atom. The van der Waals surface area contributed by atoms with Gasteiger partial charge in [-0.25, -0.2) is 9.67 Å². The highest BCUT2D eigenvalue weighted by Crippen LogP contribution is 2.25. The second kappa shape index (κ2) is 8.67. The van der Waals surface area contributed by atoms with Crippen molar-refractivity contribution in [1.82, 2.24) is 20.1 Å². The monoisotopic (exact) mass is 402 g/mol. The Morgan fingerprint density at radius 2 is 2.07 bits per heavy atom. The maximum atomic E-state index is 11.9. The number of amides is 1. The lowest BCUT2D eigenvalue weighted by Crippen LogP contribution is -2.25. The van der Waals surface area contributed by atoms with Crippen LogP contribution in [0.1, 0.15) is 41.6 Å². The molecule has 0 bridgehead atoms. The number of hydrogen-bond acceptors (Lipinski definition) is 4. The van der Waals surface area contributed by atoms with E-state index in [1.807, 2.05) is 55.1 Å². The van der Waals surface area contributed by atoms with E-state index in [0.29, 0.717) is 13.0 Å². The molecule has 7 heteroatoms. The van der Waals surface area contributed by atoms with Crippen LogP contribution in [0.25, 0.3) is 5.13 Å². The quantitative estimate of drug-likeness (QED) is 0.642. The van der Waals surface area contributed by atoms with E-state index in [-0.39, 0.29) is 5.91 Å². The molecule has 1 amide bonds. The molecule has 0 spiro atoms. The van der Waals surface area contributed by atoms with Gasteiger partial charge in [-0.3, -0.25) is 4.79 Å². The third-order valence-corrected chi connectivity index (χ3v) is 5.63. The van der Waals surface area contributed by atoms with Crippen molar-refractivity contribution in [2.24, 2.45) is 0 Å². The van der Waals surface area contributed by atoms with Crippen molar-refractivity contribution in [1.29, 1.82) is 0 Å². The highest BCUT2D eigenvalue weighted by atomic mass is 35.5. The molecule has 0 aliphatic carbocycles. The molecule has 2 aromatic heterocycles. The molecule has 0 fully saturated rings. The van der Waals surface area contributed by atoms with E-state index >= 15 is 0 Å². The Labute approximate surface area is 168 Å². The van der Waals surface area contributed by atoms with Crippen molar-refractivity contribution in [3.05, 3.63) is 62.9 Å². The molecule has 3 rings (SSSR count). The summed E-state index contributed by atoms with van der Waals surface area (Å²) in [6, 6.07) is 7.87. The Bertz CT molecular complexity index is 947. The predicted molar refractivity (Wildman–Crippen MR) is 110 cm³/mol. The third-order valence-electron chi connectivity index (χ3n) is 4.40. The number of rotatable bonds is 7. The number of hydrogen-bond donors (Lipinski definition) is 1. The average Bonchev–Trinajstić information content (AvgIpc) is 3.21. The summed E-state index contributed by atoms with van der Waals surface area (Å²) in [6.45, 7) is 6.77. The SMILES string of the molecule is CCCNC(=O)Cc1csc(-n2nc(C)c(Cc3ccccc3Cl)c2C)n1. The fourth-order valence-electron chi connectivity index (χ4n) is 2.92. The molecule has 2 heterocycles. The Hall–Kier alpha value is -2.18. The van der Waals surface area contributed by atoms with Gasteiger partial charge in [-0.2, -0.15) is 5.10 Å². The van der Waals surface area contributed by atoms with E-state index in [2.05, 4.69) is 15.4 Å². The normalized spacial score (nSPS) is 11.0. The second-order valence-electron chi connectivity index (χ2n) is 6.48. The van der Waals surface area contributed by atoms with Crippen molar-refractivity contribution >= 4 is 28.8 Å². The van der Waals surface area contributed by atoms with Gasteiger partial charge in [0.05, 0.1) is 17.8 Å². The van der Waals surface area contributed by atoms with E-state index in [1.54, 1.807) is 0 Å². The van der Waals surface area contributed by atoms with Gasteiger partial charge in [-0.1, -0.05) is 36.7 Å². The van der Waals surface area contributed by atoms with E-state index in [9.17, 15) is 4.79 Å². The summed E-state index contributed by atoms with van der Waals surface area (Å²) >= 11 is 7.81.